The van der Waals surface area contributed by atoms with E-state index in [1.54, 1.807) is 0 Å². The molecular weight excluding hydrogens is 192 g/mol. The van der Waals surface area contributed by atoms with Gasteiger partial charge >= 0.3 is 0 Å². The van der Waals surface area contributed by atoms with Gasteiger partial charge in [0, 0.05) is 25.6 Å². The molecule has 0 amide bonds. The van der Waals surface area contributed by atoms with Gasteiger partial charge in [-0.05, 0) is 13.3 Å². The molecule has 5 heteroatoms. The van der Waals surface area contributed by atoms with Gasteiger partial charge < -0.3 is 14.6 Å². The summed E-state index contributed by atoms with van der Waals surface area (Å²) in [6, 6.07) is 0.551. The lowest BCUT2D eigenvalue weighted by Gasteiger charge is -2.31. The van der Waals surface area contributed by atoms with E-state index in [0.29, 0.717) is 12.0 Å². The Morgan fingerprint density at radius 3 is 2.87 bits per heavy atom. The topological polar surface area (TPSA) is 52.0 Å². The Morgan fingerprint density at radius 2 is 2.27 bits per heavy atom. The largest absolute Gasteiger partial charge is 0.381 e. The second-order valence-corrected chi connectivity index (χ2v) is 4.35. The number of aromatic nitrogens is 3. The maximum Gasteiger partial charge on any atom is 0.138 e. The summed E-state index contributed by atoms with van der Waals surface area (Å²) in [5.41, 5.74) is 0. The zero-order valence-corrected chi connectivity index (χ0v) is 8.94. The molecule has 0 aromatic carbocycles. The van der Waals surface area contributed by atoms with E-state index in [-0.39, 0.29) is 0 Å². The Balaban J connectivity index is 1.92. The molecule has 0 saturated carbocycles. The summed E-state index contributed by atoms with van der Waals surface area (Å²) in [4.78, 5) is 0. The molecule has 2 saturated heterocycles. The van der Waals surface area contributed by atoms with Crippen LogP contribution in [0.5, 0.6) is 0 Å². The molecule has 1 aromatic rings. The molecule has 3 heterocycles. The highest BCUT2D eigenvalue weighted by molar-refractivity contribution is 5.07. The molecule has 0 radical (unpaired) electrons. The smallest absolute Gasteiger partial charge is 0.138 e. The summed E-state index contributed by atoms with van der Waals surface area (Å²) in [5, 5.41) is 11.8. The number of hydrogen-bond acceptors (Lipinski definition) is 4. The molecule has 1 N–H and O–H groups in total. The van der Waals surface area contributed by atoms with E-state index in [0.717, 1.165) is 44.4 Å². The van der Waals surface area contributed by atoms with Crippen molar-refractivity contribution in [1.29, 1.82) is 0 Å². The number of rotatable bonds is 2. The van der Waals surface area contributed by atoms with Crippen LogP contribution in [0.15, 0.2) is 0 Å². The van der Waals surface area contributed by atoms with Crippen molar-refractivity contribution in [3.05, 3.63) is 11.6 Å². The minimum Gasteiger partial charge on any atom is -0.381 e. The highest BCUT2D eigenvalue weighted by Crippen LogP contribution is 2.27. The molecule has 82 valence electrons. The molecule has 0 bridgehead atoms. The van der Waals surface area contributed by atoms with Gasteiger partial charge in [-0.2, -0.15) is 0 Å². The van der Waals surface area contributed by atoms with Crippen molar-refractivity contribution in [3.8, 4) is 0 Å². The molecular formula is C10H16N4O. The monoisotopic (exact) mass is 208 g/mol. The van der Waals surface area contributed by atoms with Crippen molar-refractivity contribution in [2.24, 2.45) is 0 Å². The van der Waals surface area contributed by atoms with E-state index >= 15 is 0 Å². The molecule has 5 nitrogen and oxygen atoms in total. The van der Waals surface area contributed by atoms with Gasteiger partial charge in [-0.1, -0.05) is 0 Å². The SMILES string of the molecule is Cc1nnc(C2CCOC2)n1C1CNC1. The van der Waals surface area contributed by atoms with Crippen LogP contribution in [0.4, 0.5) is 0 Å². The first-order valence-corrected chi connectivity index (χ1v) is 5.56. The molecule has 0 spiro atoms. The van der Waals surface area contributed by atoms with Crippen LogP contribution in [0, 0.1) is 6.92 Å². The average molecular weight is 208 g/mol. The maximum absolute atomic E-state index is 5.41. The standard InChI is InChI=1S/C10H16N4O/c1-7-12-13-10(8-2-3-15-6-8)14(7)9-4-11-5-9/h8-9,11H,2-6H2,1H3. The summed E-state index contributed by atoms with van der Waals surface area (Å²) in [7, 11) is 0. The molecule has 2 fully saturated rings. The Bertz CT molecular complexity index is 352. The summed E-state index contributed by atoms with van der Waals surface area (Å²) >= 11 is 0. The number of nitrogens with one attached hydrogen (secondary N) is 1. The lowest BCUT2D eigenvalue weighted by Crippen LogP contribution is -2.44. The van der Waals surface area contributed by atoms with Crippen LogP contribution >= 0.6 is 0 Å². The molecule has 1 atom stereocenters. The van der Waals surface area contributed by atoms with Crippen LogP contribution in [-0.4, -0.2) is 41.1 Å². The summed E-state index contributed by atoms with van der Waals surface area (Å²) in [6.07, 6.45) is 1.08. The predicted molar refractivity (Wildman–Crippen MR) is 54.8 cm³/mol. The minimum atomic E-state index is 0.451. The van der Waals surface area contributed by atoms with Crippen molar-refractivity contribution in [1.82, 2.24) is 20.1 Å². The quantitative estimate of drug-likeness (QED) is 0.756. The van der Waals surface area contributed by atoms with E-state index in [1.807, 2.05) is 6.92 Å². The minimum absolute atomic E-state index is 0.451. The van der Waals surface area contributed by atoms with E-state index in [1.165, 1.54) is 0 Å². The van der Waals surface area contributed by atoms with E-state index in [2.05, 4.69) is 20.1 Å². The molecule has 1 unspecified atom stereocenters. The van der Waals surface area contributed by atoms with Crippen LogP contribution in [0.2, 0.25) is 0 Å². The Kier molecular flexibility index (Phi) is 2.21. The summed E-state index contributed by atoms with van der Waals surface area (Å²) in [6.45, 7) is 5.78. The first-order valence-electron chi connectivity index (χ1n) is 5.56. The highest BCUT2D eigenvalue weighted by atomic mass is 16.5. The fourth-order valence-electron chi connectivity index (χ4n) is 2.31. The van der Waals surface area contributed by atoms with Crippen molar-refractivity contribution < 1.29 is 4.74 Å². The van der Waals surface area contributed by atoms with Gasteiger partial charge in [0.1, 0.15) is 11.6 Å². The van der Waals surface area contributed by atoms with Crippen LogP contribution < -0.4 is 5.32 Å². The van der Waals surface area contributed by atoms with Gasteiger partial charge in [0.05, 0.1) is 12.6 Å². The maximum atomic E-state index is 5.41. The average Bonchev–Trinajstić information content (AvgIpc) is 2.74. The molecule has 2 aliphatic rings. The van der Waals surface area contributed by atoms with Crippen LogP contribution in [0.3, 0.4) is 0 Å². The van der Waals surface area contributed by atoms with Gasteiger partial charge in [-0.25, -0.2) is 0 Å². The molecule has 2 aliphatic heterocycles. The van der Waals surface area contributed by atoms with Gasteiger partial charge in [-0.15, -0.1) is 10.2 Å². The Labute approximate surface area is 88.8 Å². The van der Waals surface area contributed by atoms with Gasteiger partial charge in [0.25, 0.3) is 0 Å². The normalized spacial score (nSPS) is 26.9. The van der Waals surface area contributed by atoms with Gasteiger partial charge in [-0.3, -0.25) is 0 Å². The lowest BCUT2D eigenvalue weighted by atomic mass is 10.1. The van der Waals surface area contributed by atoms with E-state index < -0.39 is 0 Å². The number of nitrogens with zero attached hydrogens (tertiary/aromatic N) is 3. The zero-order valence-electron chi connectivity index (χ0n) is 8.94. The third-order valence-electron chi connectivity index (χ3n) is 3.31. The van der Waals surface area contributed by atoms with E-state index in [4.69, 9.17) is 4.74 Å². The van der Waals surface area contributed by atoms with Crippen LogP contribution in [-0.2, 0) is 4.74 Å². The second-order valence-electron chi connectivity index (χ2n) is 4.35. The Hall–Kier alpha value is -0.940. The first kappa shape index (κ1) is 9.30. The third-order valence-corrected chi connectivity index (χ3v) is 3.31. The number of hydrogen-bond donors (Lipinski definition) is 1. The molecule has 0 aliphatic carbocycles. The van der Waals surface area contributed by atoms with Crippen molar-refractivity contribution >= 4 is 0 Å². The lowest BCUT2D eigenvalue weighted by molar-refractivity contribution is 0.192. The van der Waals surface area contributed by atoms with Crippen molar-refractivity contribution in [2.45, 2.75) is 25.3 Å². The van der Waals surface area contributed by atoms with Gasteiger partial charge in [0.15, 0.2) is 0 Å². The molecule has 1 aromatic heterocycles. The summed E-state index contributed by atoms with van der Waals surface area (Å²) < 4.78 is 7.70. The van der Waals surface area contributed by atoms with Crippen molar-refractivity contribution in [3.63, 3.8) is 0 Å². The Morgan fingerprint density at radius 1 is 1.40 bits per heavy atom. The van der Waals surface area contributed by atoms with Crippen LogP contribution in [0.1, 0.15) is 30.0 Å². The fourth-order valence-corrected chi connectivity index (χ4v) is 2.31. The van der Waals surface area contributed by atoms with Crippen LogP contribution in [0.25, 0.3) is 0 Å². The predicted octanol–water partition coefficient (Wildman–Crippen LogP) is 0.235. The van der Waals surface area contributed by atoms with Crippen molar-refractivity contribution in [2.75, 3.05) is 26.3 Å². The third kappa shape index (κ3) is 1.46. The number of aryl methyl sites for hydroxylation is 1. The number of ether oxygens (including phenoxy) is 1. The first-order chi connectivity index (χ1) is 7.36. The highest BCUT2D eigenvalue weighted by Gasteiger charge is 2.29. The fraction of sp³-hybridized carbons (Fsp3) is 0.800. The van der Waals surface area contributed by atoms with E-state index in [9.17, 15) is 0 Å². The second kappa shape index (κ2) is 3.57. The molecule has 3 rings (SSSR count). The van der Waals surface area contributed by atoms with Gasteiger partial charge in [0.2, 0.25) is 0 Å². The molecule has 15 heavy (non-hydrogen) atoms. The summed E-state index contributed by atoms with van der Waals surface area (Å²) in [5.74, 6) is 2.60. The zero-order chi connectivity index (χ0) is 10.3.